The van der Waals surface area contributed by atoms with Crippen LogP contribution in [0.15, 0.2) is 63.5 Å². The molecule has 0 unspecified atom stereocenters. The van der Waals surface area contributed by atoms with Gasteiger partial charge >= 0.3 is 0 Å². The number of allylic oxidation sites excluding steroid dienone is 1. The average molecular weight is 412 g/mol. The molecule has 0 saturated heterocycles. The van der Waals surface area contributed by atoms with Crippen LogP contribution in [-0.4, -0.2) is 21.3 Å². The summed E-state index contributed by atoms with van der Waals surface area (Å²) in [6, 6.07) is 12.7. The van der Waals surface area contributed by atoms with Crippen molar-refractivity contribution in [3.05, 3.63) is 75.3 Å². The van der Waals surface area contributed by atoms with E-state index in [1.807, 2.05) is 6.92 Å². The van der Waals surface area contributed by atoms with Gasteiger partial charge in [0.2, 0.25) is 15.8 Å². The summed E-state index contributed by atoms with van der Waals surface area (Å²) in [5.41, 5.74) is -0.389. The Morgan fingerprint density at radius 1 is 1.04 bits per heavy atom. The zero-order chi connectivity index (χ0) is 19.1. The molecule has 3 rings (SSSR count). The van der Waals surface area contributed by atoms with Crippen molar-refractivity contribution in [1.82, 2.24) is 4.72 Å². The Labute approximate surface area is 161 Å². The van der Waals surface area contributed by atoms with Gasteiger partial charge in [-0.2, -0.15) is 4.72 Å². The van der Waals surface area contributed by atoms with Gasteiger partial charge in [0.25, 0.3) is 0 Å². The van der Waals surface area contributed by atoms with Crippen LogP contribution in [0.5, 0.6) is 0 Å². The quantitative estimate of drug-likeness (QED) is 0.779. The molecule has 0 amide bonds. The predicted octanol–water partition coefficient (Wildman–Crippen LogP) is 3.66. The Balaban J connectivity index is 2.19. The molecule has 26 heavy (non-hydrogen) atoms. The Morgan fingerprint density at radius 2 is 1.65 bits per heavy atom. The number of ether oxygens (including phenoxy) is 1. The highest BCUT2D eigenvalue weighted by atomic mass is 35.5. The van der Waals surface area contributed by atoms with Gasteiger partial charge in [0.1, 0.15) is 5.03 Å². The molecule has 2 aromatic carbocycles. The molecule has 0 aliphatic heterocycles. The van der Waals surface area contributed by atoms with Crippen molar-refractivity contribution in [3.8, 4) is 0 Å². The zero-order valence-corrected chi connectivity index (χ0v) is 16.2. The number of sulfonamides is 1. The van der Waals surface area contributed by atoms with E-state index in [0.717, 1.165) is 5.56 Å². The van der Waals surface area contributed by atoms with E-state index in [2.05, 4.69) is 4.72 Å². The number of rotatable bonds is 4. The van der Waals surface area contributed by atoms with E-state index in [1.165, 1.54) is 25.3 Å². The van der Waals surface area contributed by atoms with Gasteiger partial charge in [0.05, 0.1) is 9.93 Å². The van der Waals surface area contributed by atoms with Gasteiger partial charge in [-0.15, -0.1) is 0 Å². The first-order valence-corrected chi connectivity index (χ1v) is 9.82. The average Bonchev–Trinajstić information content (AvgIpc) is 2.64. The van der Waals surface area contributed by atoms with Gasteiger partial charge in [-0.05, 0) is 19.1 Å². The van der Waals surface area contributed by atoms with Gasteiger partial charge in [0.15, 0.2) is 5.72 Å². The molecule has 0 fully saturated rings. The minimum absolute atomic E-state index is 0.0366. The highest BCUT2D eigenvalue weighted by molar-refractivity contribution is 7.89. The second kappa shape index (κ2) is 6.79. The smallest absolute Gasteiger partial charge is 0.243 e. The molecule has 1 aliphatic carbocycles. The van der Waals surface area contributed by atoms with E-state index < -0.39 is 21.5 Å². The van der Waals surface area contributed by atoms with Crippen molar-refractivity contribution in [1.29, 1.82) is 0 Å². The Morgan fingerprint density at radius 3 is 2.27 bits per heavy atom. The number of carbonyl (C=O) groups is 1. The summed E-state index contributed by atoms with van der Waals surface area (Å²) in [6.07, 6.45) is 0. The van der Waals surface area contributed by atoms with Crippen LogP contribution < -0.4 is 4.72 Å². The lowest BCUT2D eigenvalue weighted by molar-refractivity contribution is 0.0122. The second-order valence-electron chi connectivity index (χ2n) is 5.81. The standard InChI is InChI=1S/C18H15Cl2NO4S/c1-11-7-9-12(10-8-11)26(23,24)21-18(25-2)14-6-4-3-5-13(14)16(22)15(19)17(18)20/h3-10,21H,1-2H3/t18-/m1/s1. The van der Waals surface area contributed by atoms with E-state index in [1.54, 1.807) is 30.3 Å². The number of halogens is 2. The molecule has 1 N–H and O–H groups in total. The summed E-state index contributed by atoms with van der Waals surface area (Å²) in [6.45, 7) is 1.85. The molecule has 0 bridgehead atoms. The number of Topliss-reactive ketones (excluding diaryl/α,β-unsaturated/α-hetero) is 1. The van der Waals surface area contributed by atoms with Gasteiger partial charge in [-0.1, -0.05) is 65.2 Å². The fourth-order valence-corrected chi connectivity index (χ4v) is 4.67. The van der Waals surface area contributed by atoms with E-state index in [4.69, 9.17) is 27.9 Å². The molecule has 0 aromatic heterocycles. The van der Waals surface area contributed by atoms with Crippen LogP contribution in [0.2, 0.25) is 0 Å². The number of benzene rings is 2. The molecule has 0 spiro atoms. The van der Waals surface area contributed by atoms with Gasteiger partial charge in [0, 0.05) is 18.2 Å². The van der Waals surface area contributed by atoms with Crippen molar-refractivity contribution in [2.75, 3.05) is 7.11 Å². The molecule has 0 radical (unpaired) electrons. The van der Waals surface area contributed by atoms with E-state index in [-0.39, 0.29) is 26.1 Å². The van der Waals surface area contributed by atoms with Crippen LogP contribution in [0.3, 0.4) is 0 Å². The number of carbonyl (C=O) groups excluding carboxylic acids is 1. The lowest BCUT2D eigenvalue weighted by Gasteiger charge is -2.37. The van der Waals surface area contributed by atoms with Gasteiger partial charge in [-0.3, -0.25) is 4.79 Å². The molecule has 8 heteroatoms. The van der Waals surface area contributed by atoms with Crippen LogP contribution in [0.4, 0.5) is 0 Å². The largest absolute Gasteiger partial charge is 0.353 e. The summed E-state index contributed by atoms with van der Waals surface area (Å²) in [4.78, 5) is 12.4. The maximum absolute atomic E-state index is 12.9. The number of fused-ring (bicyclic) bond motifs is 1. The van der Waals surface area contributed by atoms with Crippen LogP contribution in [0, 0.1) is 6.92 Å². The van der Waals surface area contributed by atoms with Gasteiger partial charge in [-0.25, -0.2) is 8.42 Å². The maximum Gasteiger partial charge on any atom is 0.243 e. The number of methoxy groups -OCH3 is 1. The first kappa shape index (κ1) is 19.1. The van der Waals surface area contributed by atoms with Crippen molar-refractivity contribution in [2.24, 2.45) is 0 Å². The molecule has 136 valence electrons. The number of aryl methyl sites for hydroxylation is 1. The third-order valence-electron chi connectivity index (χ3n) is 4.17. The van der Waals surface area contributed by atoms with Crippen molar-refractivity contribution >= 4 is 39.0 Å². The van der Waals surface area contributed by atoms with Crippen LogP contribution in [-0.2, 0) is 20.5 Å². The molecule has 1 aliphatic rings. The third-order valence-corrected chi connectivity index (χ3v) is 6.53. The maximum atomic E-state index is 12.9. The Kier molecular flexibility index (Phi) is 4.98. The number of hydrogen-bond acceptors (Lipinski definition) is 4. The second-order valence-corrected chi connectivity index (χ2v) is 8.24. The molecule has 0 saturated carbocycles. The minimum Gasteiger partial charge on any atom is -0.353 e. The summed E-state index contributed by atoms with van der Waals surface area (Å²) in [5, 5.41) is -0.528. The molecule has 0 heterocycles. The lowest BCUT2D eigenvalue weighted by Crippen LogP contribution is -2.50. The monoisotopic (exact) mass is 411 g/mol. The number of ketones is 1. The SMILES string of the molecule is CO[C@@]1(NS(=O)(=O)c2ccc(C)cc2)C(Cl)=C(Cl)C(=O)c2ccccc21. The van der Waals surface area contributed by atoms with Crippen LogP contribution >= 0.6 is 23.2 Å². The highest BCUT2D eigenvalue weighted by Crippen LogP contribution is 2.44. The minimum atomic E-state index is -4.03. The third kappa shape index (κ3) is 2.98. The zero-order valence-electron chi connectivity index (χ0n) is 13.9. The summed E-state index contributed by atoms with van der Waals surface area (Å²) in [5.74, 6) is -0.491. The summed E-state index contributed by atoms with van der Waals surface area (Å²) >= 11 is 12.4. The molecular formula is C18H15Cl2NO4S. The number of hydrogen-bond donors (Lipinski definition) is 1. The fraction of sp³-hybridized carbons (Fsp3) is 0.167. The summed E-state index contributed by atoms with van der Waals surface area (Å²) < 4.78 is 33.8. The topological polar surface area (TPSA) is 72.5 Å². The van der Waals surface area contributed by atoms with Crippen molar-refractivity contribution in [2.45, 2.75) is 17.5 Å². The highest BCUT2D eigenvalue weighted by Gasteiger charge is 2.48. The molecular weight excluding hydrogens is 397 g/mol. The van der Waals surface area contributed by atoms with Crippen LogP contribution in [0.25, 0.3) is 0 Å². The normalized spacial score (nSPS) is 20.2. The molecule has 2 aromatic rings. The van der Waals surface area contributed by atoms with E-state index >= 15 is 0 Å². The first-order chi connectivity index (χ1) is 12.2. The molecule has 1 atom stereocenters. The van der Waals surface area contributed by atoms with Gasteiger partial charge < -0.3 is 4.74 Å². The molecule has 5 nitrogen and oxygen atoms in total. The Hall–Kier alpha value is -1.70. The number of nitrogens with one attached hydrogen (secondary N) is 1. The van der Waals surface area contributed by atoms with E-state index in [0.29, 0.717) is 0 Å². The summed E-state index contributed by atoms with van der Waals surface area (Å²) in [7, 11) is -2.74. The predicted molar refractivity (Wildman–Crippen MR) is 99.7 cm³/mol. The van der Waals surface area contributed by atoms with Crippen molar-refractivity contribution in [3.63, 3.8) is 0 Å². The lowest BCUT2D eigenvalue weighted by atomic mass is 9.89. The van der Waals surface area contributed by atoms with E-state index in [9.17, 15) is 13.2 Å². The first-order valence-electron chi connectivity index (χ1n) is 7.58. The Bertz CT molecular complexity index is 1020. The fourth-order valence-electron chi connectivity index (χ4n) is 2.79. The van der Waals surface area contributed by atoms with Crippen molar-refractivity contribution < 1.29 is 17.9 Å². The van der Waals surface area contributed by atoms with Crippen LogP contribution in [0.1, 0.15) is 21.5 Å².